The van der Waals surface area contributed by atoms with Gasteiger partial charge >= 0.3 is 0 Å². The Bertz CT molecular complexity index is 564. The fourth-order valence-corrected chi connectivity index (χ4v) is 3.37. The number of nitrogens with one attached hydrogen (secondary N) is 1. The zero-order valence-electron chi connectivity index (χ0n) is 11.6. The van der Waals surface area contributed by atoms with Crippen molar-refractivity contribution in [3.05, 3.63) is 34.5 Å². The van der Waals surface area contributed by atoms with E-state index in [2.05, 4.69) is 15.2 Å². The third kappa shape index (κ3) is 2.23. The van der Waals surface area contributed by atoms with Gasteiger partial charge in [0.25, 0.3) is 0 Å². The van der Waals surface area contributed by atoms with Gasteiger partial charge in [-0.1, -0.05) is 13.0 Å². The molecular weight excluding hydrogens is 274 g/mol. The van der Waals surface area contributed by atoms with E-state index in [0.717, 1.165) is 4.88 Å². The zero-order chi connectivity index (χ0) is 14.8. The number of carbonyl (C=O) groups excluding carboxylic acids is 1. The van der Waals surface area contributed by atoms with Crippen LogP contribution in [0.3, 0.4) is 0 Å². The second-order valence-electron chi connectivity index (χ2n) is 5.09. The molecule has 108 valence electrons. The number of primary amides is 1. The Labute approximate surface area is 121 Å². The lowest BCUT2D eigenvalue weighted by Crippen LogP contribution is -2.65. The predicted molar refractivity (Wildman–Crippen MR) is 78.2 cm³/mol. The van der Waals surface area contributed by atoms with Crippen molar-refractivity contribution < 1.29 is 4.79 Å². The summed E-state index contributed by atoms with van der Waals surface area (Å²) in [6.07, 6.45) is 2.63. The van der Waals surface area contributed by atoms with Crippen molar-refractivity contribution in [2.75, 3.05) is 0 Å². The van der Waals surface area contributed by atoms with Crippen molar-refractivity contribution in [3.63, 3.8) is 0 Å². The van der Waals surface area contributed by atoms with E-state index < -0.39 is 16.9 Å². The number of nitrogens with two attached hydrogens (primary N) is 2. The quantitative estimate of drug-likeness (QED) is 0.736. The minimum absolute atomic E-state index is 0.549. The topological polar surface area (TPSA) is 111 Å². The Hall–Kier alpha value is -1.73. The van der Waals surface area contributed by atoms with Crippen LogP contribution in [0.25, 0.3) is 0 Å². The molecule has 2 heterocycles. The van der Waals surface area contributed by atoms with Crippen molar-refractivity contribution in [1.29, 1.82) is 0 Å². The molecule has 0 aliphatic heterocycles. The smallest absolute Gasteiger partial charge is 0.238 e. The van der Waals surface area contributed by atoms with E-state index >= 15 is 0 Å². The molecule has 0 aliphatic rings. The first-order chi connectivity index (χ1) is 9.44. The van der Waals surface area contributed by atoms with Crippen molar-refractivity contribution in [3.8, 4) is 0 Å². The van der Waals surface area contributed by atoms with Gasteiger partial charge in [0.15, 0.2) is 0 Å². The fourth-order valence-electron chi connectivity index (χ4n) is 2.56. The molecule has 0 aromatic carbocycles. The molecule has 6 nitrogen and oxygen atoms in total. The van der Waals surface area contributed by atoms with Crippen LogP contribution in [0.15, 0.2) is 23.8 Å². The first kappa shape index (κ1) is 14.7. The Morgan fingerprint density at radius 3 is 2.75 bits per heavy atom. The summed E-state index contributed by atoms with van der Waals surface area (Å²) in [7, 11) is 0. The van der Waals surface area contributed by atoms with Gasteiger partial charge < -0.3 is 11.5 Å². The number of carbonyl (C=O) groups is 1. The van der Waals surface area contributed by atoms with E-state index in [9.17, 15) is 4.79 Å². The number of hydrogen-bond donors (Lipinski definition) is 3. The number of aromatic amines is 1. The summed E-state index contributed by atoms with van der Waals surface area (Å²) in [6.45, 7) is 3.64. The third-order valence-corrected chi connectivity index (χ3v) is 4.91. The average molecular weight is 293 g/mol. The standard InChI is InChI=1S/C13H19N5OS/c1-3-13(11-16-8-17-18-11,12(2,15)10(14)19)7-9-5-4-6-20-9/h4-6,8H,3,7,15H2,1-2H3,(H2,14,19)(H,16,17,18). The van der Waals surface area contributed by atoms with Crippen molar-refractivity contribution in [2.24, 2.45) is 11.5 Å². The summed E-state index contributed by atoms with van der Waals surface area (Å²) in [4.78, 5) is 17.3. The lowest BCUT2D eigenvalue weighted by atomic mass is 9.65. The molecule has 0 saturated carbocycles. The van der Waals surface area contributed by atoms with Gasteiger partial charge in [0.2, 0.25) is 5.91 Å². The molecule has 0 aliphatic carbocycles. The van der Waals surface area contributed by atoms with Crippen molar-refractivity contribution in [1.82, 2.24) is 15.2 Å². The molecule has 2 atom stereocenters. The molecule has 0 spiro atoms. The summed E-state index contributed by atoms with van der Waals surface area (Å²) >= 11 is 1.62. The Kier molecular flexibility index (Phi) is 3.92. The highest BCUT2D eigenvalue weighted by molar-refractivity contribution is 7.09. The van der Waals surface area contributed by atoms with Gasteiger partial charge in [-0.3, -0.25) is 9.89 Å². The van der Waals surface area contributed by atoms with Gasteiger partial charge in [-0.25, -0.2) is 4.98 Å². The Balaban J connectivity index is 2.55. The molecule has 1 amide bonds. The maximum absolute atomic E-state index is 11.9. The largest absolute Gasteiger partial charge is 0.368 e. The fraction of sp³-hybridized carbons (Fsp3) is 0.462. The molecule has 20 heavy (non-hydrogen) atoms. The molecule has 0 radical (unpaired) electrons. The summed E-state index contributed by atoms with van der Waals surface area (Å²) in [5.74, 6) is 0.0458. The van der Waals surface area contributed by atoms with Gasteiger partial charge in [0.05, 0.1) is 5.41 Å². The average Bonchev–Trinajstić information content (AvgIpc) is 3.08. The number of thiophene rings is 1. The normalized spacial score (nSPS) is 17.4. The van der Waals surface area contributed by atoms with Crippen LogP contribution in [0.5, 0.6) is 0 Å². The molecule has 2 aromatic heterocycles. The number of hydrogen-bond acceptors (Lipinski definition) is 5. The van der Waals surface area contributed by atoms with Crippen LogP contribution in [0.1, 0.15) is 31.0 Å². The highest BCUT2D eigenvalue weighted by atomic mass is 32.1. The monoisotopic (exact) mass is 293 g/mol. The van der Waals surface area contributed by atoms with Crippen LogP contribution in [-0.4, -0.2) is 26.6 Å². The maximum atomic E-state index is 11.9. The number of aromatic nitrogens is 3. The lowest BCUT2D eigenvalue weighted by Gasteiger charge is -2.42. The number of amides is 1. The van der Waals surface area contributed by atoms with Crippen LogP contribution in [0, 0.1) is 0 Å². The lowest BCUT2D eigenvalue weighted by molar-refractivity contribution is -0.125. The van der Waals surface area contributed by atoms with E-state index in [1.807, 2.05) is 24.4 Å². The number of rotatable bonds is 6. The summed E-state index contributed by atoms with van der Waals surface area (Å²) < 4.78 is 0. The molecule has 2 unspecified atom stereocenters. The number of H-pyrrole nitrogens is 1. The SMILES string of the molecule is CCC(Cc1cccs1)(c1ncn[nH]1)C(C)(N)C(N)=O. The van der Waals surface area contributed by atoms with Crippen LogP contribution < -0.4 is 11.5 Å². The molecule has 0 bridgehead atoms. The van der Waals surface area contributed by atoms with Crippen molar-refractivity contribution >= 4 is 17.2 Å². The van der Waals surface area contributed by atoms with Crippen LogP contribution in [0.2, 0.25) is 0 Å². The Morgan fingerprint density at radius 1 is 1.55 bits per heavy atom. The van der Waals surface area contributed by atoms with Gasteiger partial charge in [-0.2, -0.15) is 5.10 Å². The highest BCUT2D eigenvalue weighted by Gasteiger charge is 2.52. The highest BCUT2D eigenvalue weighted by Crippen LogP contribution is 2.39. The van der Waals surface area contributed by atoms with E-state index in [-0.39, 0.29) is 0 Å². The van der Waals surface area contributed by atoms with Gasteiger partial charge in [-0.15, -0.1) is 11.3 Å². The third-order valence-electron chi connectivity index (χ3n) is 4.03. The predicted octanol–water partition coefficient (Wildman–Crippen LogP) is 0.959. The summed E-state index contributed by atoms with van der Waals surface area (Å²) in [5, 5.41) is 8.75. The van der Waals surface area contributed by atoms with Crippen LogP contribution in [-0.2, 0) is 16.6 Å². The number of nitrogens with zero attached hydrogens (tertiary/aromatic N) is 2. The minimum atomic E-state index is -1.23. The summed E-state index contributed by atoms with van der Waals surface area (Å²) in [5.41, 5.74) is 9.90. The first-order valence-electron chi connectivity index (χ1n) is 6.41. The van der Waals surface area contributed by atoms with E-state index in [1.54, 1.807) is 18.3 Å². The molecular formula is C13H19N5OS. The van der Waals surface area contributed by atoms with Crippen LogP contribution in [0.4, 0.5) is 0 Å². The minimum Gasteiger partial charge on any atom is -0.368 e. The zero-order valence-corrected chi connectivity index (χ0v) is 12.4. The maximum Gasteiger partial charge on any atom is 0.238 e. The van der Waals surface area contributed by atoms with Crippen LogP contribution >= 0.6 is 11.3 Å². The second-order valence-corrected chi connectivity index (χ2v) is 6.12. The molecule has 7 heteroatoms. The molecule has 5 N–H and O–H groups in total. The summed E-state index contributed by atoms with van der Waals surface area (Å²) in [6, 6.07) is 3.99. The van der Waals surface area contributed by atoms with Gasteiger partial charge in [0.1, 0.15) is 17.7 Å². The van der Waals surface area contributed by atoms with Gasteiger partial charge in [-0.05, 0) is 31.2 Å². The van der Waals surface area contributed by atoms with E-state index in [4.69, 9.17) is 11.5 Å². The Morgan fingerprint density at radius 2 is 2.30 bits per heavy atom. The van der Waals surface area contributed by atoms with E-state index in [1.165, 1.54) is 6.33 Å². The molecule has 0 fully saturated rings. The first-order valence-corrected chi connectivity index (χ1v) is 7.29. The second kappa shape index (κ2) is 5.34. The molecule has 0 saturated heterocycles. The molecule has 2 aromatic rings. The van der Waals surface area contributed by atoms with E-state index in [0.29, 0.717) is 18.7 Å². The van der Waals surface area contributed by atoms with Gasteiger partial charge in [0, 0.05) is 4.88 Å². The molecule has 2 rings (SSSR count). The van der Waals surface area contributed by atoms with Crippen molar-refractivity contribution in [2.45, 2.75) is 37.6 Å².